The van der Waals surface area contributed by atoms with Gasteiger partial charge in [0.25, 0.3) is 5.91 Å². The maximum Gasteiger partial charge on any atom is 0.251 e. The molecule has 0 spiro atoms. The van der Waals surface area contributed by atoms with E-state index in [0.717, 1.165) is 0 Å². The average Bonchev–Trinajstić information content (AvgIpc) is 2.79. The van der Waals surface area contributed by atoms with Crippen molar-refractivity contribution in [2.24, 2.45) is 0 Å². The van der Waals surface area contributed by atoms with Crippen LogP contribution in [0, 0.1) is 0 Å². The van der Waals surface area contributed by atoms with Gasteiger partial charge < -0.3 is 14.8 Å². The molecule has 0 bridgehead atoms. The quantitative estimate of drug-likeness (QED) is 0.546. The highest BCUT2D eigenvalue weighted by Crippen LogP contribution is 2.23. The van der Waals surface area contributed by atoms with Gasteiger partial charge in [-0.1, -0.05) is 13.0 Å². The number of carbonyl (C=O) groups excluding carboxylic acids is 1. The minimum atomic E-state index is -3.76. The minimum Gasteiger partial charge on any atom is -0.379 e. The second kappa shape index (κ2) is 10.4. The van der Waals surface area contributed by atoms with Crippen molar-refractivity contribution in [1.29, 1.82) is 0 Å². The fraction of sp³-hybridized carbons (Fsp3) is 0.632. The summed E-state index contributed by atoms with van der Waals surface area (Å²) in [7, 11) is -7.25. The van der Waals surface area contributed by atoms with E-state index in [-0.39, 0.29) is 35.8 Å². The molecule has 3 rings (SSSR count). The van der Waals surface area contributed by atoms with Gasteiger partial charge in [0.1, 0.15) is 0 Å². The van der Waals surface area contributed by atoms with Crippen molar-refractivity contribution >= 4 is 26.0 Å². The molecule has 12 heteroatoms. The molecule has 2 heterocycles. The molecule has 1 aromatic carbocycles. The summed E-state index contributed by atoms with van der Waals surface area (Å²) in [5.41, 5.74) is 0.797. The molecule has 0 aliphatic carbocycles. The Bertz CT molecular complexity index is 984. The number of amides is 1. The summed E-state index contributed by atoms with van der Waals surface area (Å²) in [6, 6.07) is 4.56. The summed E-state index contributed by atoms with van der Waals surface area (Å²) >= 11 is 0. The van der Waals surface area contributed by atoms with Crippen LogP contribution in [0.25, 0.3) is 0 Å². The van der Waals surface area contributed by atoms with Gasteiger partial charge in [0.2, 0.25) is 20.0 Å². The Labute approximate surface area is 183 Å². The Hall–Kier alpha value is -1.57. The summed E-state index contributed by atoms with van der Waals surface area (Å²) in [6.07, 6.45) is 0.499. The minimum absolute atomic E-state index is 0.0698. The summed E-state index contributed by atoms with van der Waals surface area (Å²) in [5.74, 6) is -0.747. The lowest BCUT2D eigenvalue weighted by Gasteiger charge is -2.27. The summed E-state index contributed by atoms with van der Waals surface area (Å²) in [5, 5.41) is 2.59. The Morgan fingerprint density at radius 1 is 0.968 bits per heavy atom. The molecule has 2 saturated heterocycles. The highest BCUT2D eigenvalue weighted by atomic mass is 32.2. The van der Waals surface area contributed by atoms with E-state index >= 15 is 0 Å². The maximum absolute atomic E-state index is 13.1. The maximum atomic E-state index is 13.1. The van der Waals surface area contributed by atoms with E-state index in [1.165, 1.54) is 14.7 Å². The molecular weight excluding hydrogens is 446 g/mol. The number of ether oxygens (including phenoxy) is 2. The van der Waals surface area contributed by atoms with E-state index in [9.17, 15) is 21.6 Å². The SMILES string of the molecule is CCc1ccc(C(=O)NCCS(=O)(=O)N2CCOCC2)cc1S(=O)(=O)N1CCOCC1. The lowest BCUT2D eigenvalue weighted by molar-refractivity contribution is 0.0730. The number of carbonyl (C=O) groups is 1. The average molecular weight is 476 g/mol. The van der Waals surface area contributed by atoms with E-state index in [4.69, 9.17) is 9.47 Å². The van der Waals surface area contributed by atoms with Gasteiger partial charge in [-0.25, -0.2) is 16.8 Å². The van der Waals surface area contributed by atoms with Gasteiger partial charge in [-0.05, 0) is 24.1 Å². The number of morpholine rings is 2. The predicted octanol–water partition coefficient (Wildman–Crippen LogP) is -0.338. The molecule has 2 aliphatic rings. The largest absolute Gasteiger partial charge is 0.379 e. The molecule has 0 saturated carbocycles. The Morgan fingerprint density at radius 2 is 1.55 bits per heavy atom. The first-order chi connectivity index (χ1) is 14.8. The van der Waals surface area contributed by atoms with Crippen molar-refractivity contribution in [2.75, 3.05) is 64.9 Å². The second-order valence-corrected chi connectivity index (χ2v) is 11.3. The van der Waals surface area contributed by atoms with Gasteiger partial charge in [-0.15, -0.1) is 0 Å². The van der Waals surface area contributed by atoms with Crippen LogP contribution in [0.5, 0.6) is 0 Å². The Balaban J connectivity index is 1.69. The van der Waals surface area contributed by atoms with Gasteiger partial charge in [-0.3, -0.25) is 4.79 Å². The van der Waals surface area contributed by atoms with Crippen LogP contribution >= 0.6 is 0 Å². The van der Waals surface area contributed by atoms with Crippen molar-refractivity contribution < 1.29 is 31.1 Å². The Kier molecular flexibility index (Phi) is 8.05. The smallest absolute Gasteiger partial charge is 0.251 e. The van der Waals surface area contributed by atoms with E-state index in [1.54, 1.807) is 12.1 Å². The van der Waals surface area contributed by atoms with E-state index in [0.29, 0.717) is 51.5 Å². The highest BCUT2D eigenvalue weighted by Gasteiger charge is 2.29. The molecular formula is C19H29N3O7S2. The molecule has 2 aliphatic heterocycles. The number of nitrogens with zero attached hydrogens (tertiary/aromatic N) is 2. The molecule has 31 heavy (non-hydrogen) atoms. The third kappa shape index (κ3) is 5.82. The van der Waals surface area contributed by atoms with Crippen LogP contribution in [0.15, 0.2) is 23.1 Å². The van der Waals surface area contributed by atoms with Crippen LogP contribution in [0.3, 0.4) is 0 Å². The van der Waals surface area contributed by atoms with Gasteiger partial charge in [0, 0.05) is 38.3 Å². The number of sulfonamides is 2. The number of nitrogens with one attached hydrogen (secondary N) is 1. The van der Waals surface area contributed by atoms with Crippen molar-refractivity contribution in [1.82, 2.24) is 13.9 Å². The van der Waals surface area contributed by atoms with Crippen LogP contribution in [0.1, 0.15) is 22.8 Å². The fourth-order valence-corrected chi connectivity index (χ4v) is 6.55. The number of hydrogen-bond acceptors (Lipinski definition) is 7. The number of hydrogen-bond donors (Lipinski definition) is 1. The first-order valence-corrected chi connectivity index (χ1v) is 13.3. The zero-order chi connectivity index (χ0) is 22.5. The fourth-order valence-electron chi connectivity index (χ4n) is 3.50. The molecule has 0 atom stereocenters. The van der Waals surface area contributed by atoms with Gasteiger partial charge in [0.15, 0.2) is 0 Å². The molecule has 1 amide bonds. The molecule has 174 valence electrons. The highest BCUT2D eigenvalue weighted by molar-refractivity contribution is 7.89. The standard InChI is InChI=1S/C19H29N3O7S2/c1-2-16-3-4-17(15-18(16)31(26,27)22-8-12-29-13-9-22)19(23)20-5-14-30(24,25)21-6-10-28-11-7-21/h3-4,15H,2,5-14H2,1H3,(H,20,23). The van der Waals surface area contributed by atoms with Gasteiger partial charge >= 0.3 is 0 Å². The first-order valence-electron chi connectivity index (χ1n) is 10.3. The van der Waals surface area contributed by atoms with E-state index in [1.807, 2.05) is 6.92 Å². The molecule has 1 N–H and O–H groups in total. The van der Waals surface area contributed by atoms with E-state index in [2.05, 4.69) is 5.32 Å². The number of rotatable bonds is 8. The molecule has 2 fully saturated rings. The van der Waals surface area contributed by atoms with Crippen molar-refractivity contribution in [2.45, 2.75) is 18.2 Å². The van der Waals surface area contributed by atoms with E-state index < -0.39 is 26.0 Å². The monoisotopic (exact) mass is 475 g/mol. The number of aryl methyl sites for hydroxylation is 1. The lowest BCUT2D eigenvalue weighted by atomic mass is 10.1. The summed E-state index contributed by atoms with van der Waals surface area (Å²) in [4.78, 5) is 12.7. The van der Waals surface area contributed by atoms with Crippen molar-refractivity contribution in [3.63, 3.8) is 0 Å². The topological polar surface area (TPSA) is 122 Å². The molecule has 10 nitrogen and oxygen atoms in total. The third-order valence-corrected chi connectivity index (χ3v) is 9.16. The van der Waals surface area contributed by atoms with Gasteiger partial charge in [-0.2, -0.15) is 8.61 Å². The molecule has 0 radical (unpaired) electrons. The van der Waals surface area contributed by atoms with Crippen LogP contribution < -0.4 is 5.32 Å². The lowest BCUT2D eigenvalue weighted by Crippen LogP contribution is -2.43. The van der Waals surface area contributed by atoms with Crippen LogP contribution in [0.2, 0.25) is 0 Å². The predicted molar refractivity (Wildman–Crippen MR) is 114 cm³/mol. The molecule has 1 aromatic rings. The summed E-state index contributed by atoms with van der Waals surface area (Å²) < 4.78 is 64.1. The van der Waals surface area contributed by atoms with Crippen molar-refractivity contribution in [3.8, 4) is 0 Å². The second-order valence-electron chi connectivity index (χ2n) is 7.28. The van der Waals surface area contributed by atoms with Crippen LogP contribution in [-0.2, 0) is 35.9 Å². The molecule has 0 aromatic heterocycles. The Morgan fingerprint density at radius 3 is 2.13 bits per heavy atom. The number of benzene rings is 1. The third-order valence-electron chi connectivity index (χ3n) is 5.31. The zero-order valence-corrected chi connectivity index (χ0v) is 19.2. The van der Waals surface area contributed by atoms with Crippen LogP contribution in [-0.4, -0.2) is 96.3 Å². The van der Waals surface area contributed by atoms with Crippen molar-refractivity contribution in [3.05, 3.63) is 29.3 Å². The normalized spacial score (nSPS) is 19.3. The molecule has 0 unspecified atom stereocenters. The van der Waals surface area contributed by atoms with Crippen LogP contribution in [0.4, 0.5) is 0 Å². The summed E-state index contributed by atoms with van der Waals surface area (Å²) in [6.45, 7) is 4.30. The first kappa shape index (κ1) is 24.1. The zero-order valence-electron chi connectivity index (χ0n) is 17.6. The van der Waals surface area contributed by atoms with Gasteiger partial charge in [0.05, 0.1) is 37.1 Å².